The largest absolute Gasteiger partial charge is 0.396 e. The number of aliphatic hydroxyl groups is 1. The molecule has 1 heterocycles. The van der Waals surface area contributed by atoms with Crippen LogP contribution in [0.25, 0.3) is 0 Å². The fourth-order valence-electron chi connectivity index (χ4n) is 1.72. The molecule has 0 aromatic carbocycles. The lowest BCUT2D eigenvalue weighted by molar-refractivity contribution is 0.0666. The minimum absolute atomic E-state index is 0.0407. The quantitative estimate of drug-likeness (QED) is 0.673. The Hall–Kier alpha value is -0.220. The summed E-state index contributed by atoms with van der Waals surface area (Å²) in [5, 5.41) is 12.0. The van der Waals surface area contributed by atoms with Crippen LogP contribution in [0.15, 0.2) is 0 Å². The number of piperidine rings is 1. The molecule has 12 heavy (non-hydrogen) atoms. The van der Waals surface area contributed by atoms with Gasteiger partial charge in [0.25, 0.3) is 0 Å². The molecule has 0 aromatic heterocycles. The van der Waals surface area contributed by atoms with Crippen LogP contribution in [0.2, 0.25) is 0 Å². The molecule has 72 valence electrons. The van der Waals surface area contributed by atoms with Crippen molar-refractivity contribution in [3.63, 3.8) is 0 Å². The number of alkyl halides is 2. The third-order valence-corrected chi connectivity index (χ3v) is 2.48. The van der Waals surface area contributed by atoms with E-state index in [1.54, 1.807) is 0 Å². The van der Waals surface area contributed by atoms with E-state index in [0.29, 0.717) is 6.54 Å². The summed E-state index contributed by atoms with van der Waals surface area (Å²) in [5.41, 5.74) is 0. The number of rotatable bonds is 3. The van der Waals surface area contributed by atoms with Crippen molar-refractivity contribution in [3.05, 3.63) is 0 Å². The molecule has 0 amide bonds. The Morgan fingerprint density at radius 1 is 1.42 bits per heavy atom. The van der Waals surface area contributed by atoms with Crippen molar-refractivity contribution in [2.24, 2.45) is 11.8 Å². The molecule has 0 spiro atoms. The second kappa shape index (κ2) is 4.72. The maximum atomic E-state index is 12.0. The Labute approximate surface area is 71.0 Å². The average Bonchev–Trinajstić information content (AvgIpc) is 2.04. The summed E-state index contributed by atoms with van der Waals surface area (Å²) in [6.45, 7) is 1.50. The van der Waals surface area contributed by atoms with Gasteiger partial charge >= 0.3 is 0 Å². The third kappa shape index (κ3) is 2.68. The van der Waals surface area contributed by atoms with Gasteiger partial charge in [-0.1, -0.05) is 0 Å². The fraction of sp³-hybridized carbons (Fsp3) is 1.00. The molecule has 1 rings (SSSR count). The van der Waals surface area contributed by atoms with Crippen LogP contribution in [0.3, 0.4) is 0 Å². The number of hydrogen-bond acceptors (Lipinski definition) is 2. The molecule has 0 bridgehead atoms. The van der Waals surface area contributed by atoms with Crippen molar-refractivity contribution in [2.75, 3.05) is 19.7 Å². The van der Waals surface area contributed by atoms with Crippen LogP contribution >= 0.6 is 0 Å². The summed E-state index contributed by atoms with van der Waals surface area (Å²) < 4.78 is 24.0. The van der Waals surface area contributed by atoms with Gasteiger partial charge in [-0.15, -0.1) is 0 Å². The molecule has 0 saturated carbocycles. The van der Waals surface area contributed by atoms with E-state index in [9.17, 15) is 8.78 Å². The molecular weight excluding hydrogens is 164 g/mol. The summed E-state index contributed by atoms with van der Waals surface area (Å²) in [6, 6.07) is 0. The molecule has 2 nitrogen and oxygen atoms in total. The molecule has 4 heteroatoms. The molecule has 0 aliphatic carbocycles. The van der Waals surface area contributed by atoms with E-state index in [1.807, 2.05) is 0 Å². The van der Waals surface area contributed by atoms with Gasteiger partial charge in [0.05, 0.1) is 0 Å². The average molecular weight is 179 g/mol. The summed E-state index contributed by atoms with van der Waals surface area (Å²) in [6.07, 6.45) is -1.52. The van der Waals surface area contributed by atoms with E-state index < -0.39 is 6.43 Å². The molecular formula is C8H15F2NO. The SMILES string of the molecule is OCC1CCNCC1CC(F)F. The zero-order valence-corrected chi connectivity index (χ0v) is 6.97. The van der Waals surface area contributed by atoms with Crippen molar-refractivity contribution in [1.82, 2.24) is 5.32 Å². The summed E-state index contributed by atoms with van der Waals surface area (Å²) >= 11 is 0. The molecule has 0 aromatic rings. The Balaban J connectivity index is 2.36. The monoisotopic (exact) mass is 179 g/mol. The van der Waals surface area contributed by atoms with Gasteiger partial charge in [0.1, 0.15) is 0 Å². The molecule has 2 unspecified atom stereocenters. The normalized spacial score (nSPS) is 31.0. The second-order valence-electron chi connectivity index (χ2n) is 3.32. The van der Waals surface area contributed by atoms with Crippen molar-refractivity contribution in [3.8, 4) is 0 Å². The fourth-order valence-corrected chi connectivity index (χ4v) is 1.72. The number of nitrogens with one attached hydrogen (secondary N) is 1. The van der Waals surface area contributed by atoms with Gasteiger partial charge in [0, 0.05) is 13.0 Å². The van der Waals surface area contributed by atoms with E-state index in [1.165, 1.54) is 0 Å². The van der Waals surface area contributed by atoms with E-state index >= 15 is 0 Å². The standard InChI is InChI=1S/C8H15F2NO/c9-8(10)3-7-4-11-2-1-6(7)5-12/h6-8,11-12H,1-5H2. The molecule has 1 saturated heterocycles. The van der Waals surface area contributed by atoms with Crippen LogP contribution < -0.4 is 5.32 Å². The van der Waals surface area contributed by atoms with Crippen molar-refractivity contribution < 1.29 is 13.9 Å². The molecule has 1 aliphatic rings. The van der Waals surface area contributed by atoms with Crippen molar-refractivity contribution in [2.45, 2.75) is 19.3 Å². The Morgan fingerprint density at radius 3 is 2.75 bits per heavy atom. The summed E-state index contributed by atoms with van der Waals surface area (Å²) in [7, 11) is 0. The number of halogens is 2. The maximum absolute atomic E-state index is 12.0. The van der Waals surface area contributed by atoms with Crippen LogP contribution in [0, 0.1) is 11.8 Å². The summed E-state index contributed by atoms with van der Waals surface area (Å²) in [4.78, 5) is 0. The van der Waals surface area contributed by atoms with Gasteiger partial charge in [0.15, 0.2) is 0 Å². The first kappa shape index (κ1) is 9.86. The van der Waals surface area contributed by atoms with Gasteiger partial charge < -0.3 is 10.4 Å². The van der Waals surface area contributed by atoms with E-state index in [-0.39, 0.29) is 24.9 Å². The van der Waals surface area contributed by atoms with Crippen LogP contribution in [-0.4, -0.2) is 31.2 Å². The smallest absolute Gasteiger partial charge is 0.239 e. The Morgan fingerprint density at radius 2 is 2.17 bits per heavy atom. The van der Waals surface area contributed by atoms with Crippen LogP contribution in [0.4, 0.5) is 8.78 Å². The number of hydrogen-bond donors (Lipinski definition) is 2. The molecule has 2 N–H and O–H groups in total. The lowest BCUT2D eigenvalue weighted by Gasteiger charge is -2.30. The van der Waals surface area contributed by atoms with E-state index in [0.717, 1.165) is 13.0 Å². The number of aliphatic hydroxyl groups excluding tert-OH is 1. The minimum Gasteiger partial charge on any atom is -0.396 e. The molecule has 2 atom stereocenters. The molecule has 1 aliphatic heterocycles. The van der Waals surface area contributed by atoms with Gasteiger partial charge in [-0.2, -0.15) is 0 Å². The molecule has 0 radical (unpaired) electrons. The topological polar surface area (TPSA) is 32.3 Å². The van der Waals surface area contributed by atoms with Crippen LogP contribution in [-0.2, 0) is 0 Å². The third-order valence-electron chi connectivity index (χ3n) is 2.48. The predicted octanol–water partition coefficient (Wildman–Crippen LogP) is 0.860. The van der Waals surface area contributed by atoms with Crippen LogP contribution in [0.1, 0.15) is 12.8 Å². The van der Waals surface area contributed by atoms with Crippen molar-refractivity contribution in [1.29, 1.82) is 0 Å². The summed E-state index contributed by atoms with van der Waals surface area (Å²) in [5.74, 6) is 0.0176. The maximum Gasteiger partial charge on any atom is 0.239 e. The molecule has 1 fully saturated rings. The Bertz CT molecular complexity index is 132. The van der Waals surface area contributed by atoms with E-state index in [4.69, 9.17) is 5.11 Å². The second-order valence-corrected chi connectivity index (χ2v) is 3.32. The first-order chi connectivity index (χ1) is 5.74. The van der Waals surface area contributed by atoms with Crippen molar-refractivity contribution >= 4 is 0 Å². The van der Waals surface area contributed by atoms with E-state index in [2.05, 4.69) is 5.32 Å². The van der Waals surface area contributed by atoms with Gasteiger partial charge in [0.2, 0.25) is 6.43 Å². The van der Waals surface area contributed by atoms with Gasteiger partial charge in [-0.3, -0.25) is 0 Å². The highest BCUT2D eigenvalue weighted by molar-refractivity contribution is 4.77. The zero-order valence-electron chi connectivity index (χ0n) is 6.97. The highest BCUT2D eigenvalue weighted by Gasteiger charge is 2.26. The highest BCUT2D eigenvalue weighted by Crippen LogP contribution is 2.24. The first-order valence-corrected chi connectivity index (χ1v) is 4.33. The Kier molecular flexibility index (Phi) is 3.88. The first-order valence-electron chi connectivity index (χ1n) is 4.33. The zero-order chi connectivity index (χ0) is 8.97. The van der Waals surface area contributed by atoms with Gasteiger partial charge in [-0.05, 0) is 31.3 Å². The predicted molar refractivity (Wildman–Crippen MR) is 42.2 cm³/mol. The van der Waals surface area contributed by atoms with Crippen LogP contribution in [0.5, 0.6) is 0 Å². The minimum atomic E-state index is -2.25. The lowest BCUT2D eigenvalue weighted by atomic mass is 9.85. The van der Waals surface area contributed by atoms with Gasteiger partial charge in [-0.25, -0.2) is 8.78 Å². The lowest BCUT2D eigenvalue weighted by Crippen LogP contribution is -2.39. The highest BCUT2D eigenvalue weighted by atomic mass is 19.3.